The fourth-order valence-electron chi connectivity index (χ4n) is 1.92. The number of carbonyl (C=O) groups is 1. The lowest BCUT2D eigenvalue weighted by Gasteiger charge is -2.21. The molecule has 0 spiro atoms. The van der Waals surface area contributed by atoms with Gasteiger partial charge in [-0.05, 0) is 24.3 Å². The van der Waals surface area contributed by atoms with Crippen LogP contribution < -0.4 is 9.64 Å². The van der Waals surface area contributed by atoms with Crippen molar-refractivity contribution in [2.24, 2.45) is 0 Å². The molecule has 0 bridgehead atoms. The summed E-state index contributed by atoms with van der Waals surface area (Å²) >= 11 is 0. The Morgan fingerprint density at radius 1 is 1.15 bits per heavy atom. The van der Waals surface area contributed by atoms with Crippen LogP contribution in [0.2, 0.25) is 0 Å². The number of benzene rings is 2. The fraction of sp³-hybridized carbons (Fsp3) is 0.133. The van der Waals surface area contributed by atoms with Crippen LogP contribution in [0.5, 0.6) is 5.75 Å². The van der Waals surface area contributed by atoms with Crippen molar-refractivity contribution in [3.05, 3.63) is 53.6 Å². The molecule has 0 radical (unpaired) electrons. The van der Waals surface area contributed by atoms with E-state index >= 15 is 0 Å². The average Bonchev–Trinajstić information content (AvgIpc) is 2.46. The molecule has 0 atom stereocenters. The van der Waals surface area contributed by atoms with E-state index in [4.69, 9.17) is 4.74 Å². The second-order valence-electron chi connectivity index (χ2n) is 4.21. The molecule has 20 heavy (non-hydrogen) atoms. The van der Waals surface area contributed by atoms with Gasteiger partial charge in [-0.2, -0.15) is 0 Å². The van der Waals surface area contributed by atoms with Gasteiger partial charge in [0.1, 0.15) is 17.7 Å². The molecule has 0 amide bonds. The number of ether oxygens (including phenoxy) is 1. The van der Waals surface area contributed by atoms with Gasteiger partial charge in [0.2, 0.25) is 0 Å². The molecule has 5 heteroatoms. The molecule has 0 fully saturated rings. The highest BCUT2D eigenvalue weighted by molar-refractivity contribution is 5.77. The average molecular weight is 277 g/mol. The molecule has 0 aliphatic heterocycles. The van der Waals surface area contributed by atoms with Gasteiger partial charge in [-0.25, -0.2) is 8.78 Å². The second kappa shape index (κ2) is 5.69. The molecule has 0 heterocycles. The van der Waals surface area contributed by atoms with Gasteiger partial charge in [0.15, 0.2) is 11.6 Å². The Labute approximate surface area is 115 Å². The Morgan fingerprint density at radius 3 is 2.35 bits per heavy atom. The lowest BCUT2D eigenvalue weighted by atomic mass is 10.1. The first kappa shape index (κ1) is 14.0. The first-order valence-electron chi connectivity index (χ1n) is 5.89. The van der Waals surface area contributed by atoms with Crippen molar-refractivity contribution < 1.29 is 18.3 Å². The number of anilines is 2. The van der Waals surface area contributed by atoms with Crippen LogP contribution >= 0.6 is 0 Å². The van der Waals surface area contributed by atoms with Crippen molar-refractivity contribution >= 4 is 17.7 Å². The van der Waals surface area contributed by atoms with E-state index in [0.29, 0.717) is 17.7 Å². The number of nitrogens with zero attached hydrogens (tertiary/aromatic N) is 1. The van der Waals surface area contributed by atoms with Crippen LogP contribution in [-0.2, 0) is 0 Å². The SMILES string of the molecule is COc1cccc(N(C)c2c(F)cc(C=O)cc2F)c1. The number of aldehydes is 1. The first-order valence-corrected chi connectivity index (χ1v) is 5.89. The highest BCUT2D eigenvalue weighted by Crippen LogP contribution is 2.31. The Kier molecular flexibility index (Phi) is 3.98. The third-order valence-electron chi connectivity index (χ3n) is 2.95. The highest BCUT2D eigenvalue weighted by Gasteiger charge is 2.16. The van der Waals surface area contributed by atoms with E-state index in [-0.39, 0.29) is 11.3 Å². The summed E-state index contributed by atoms with van der Waals surface area (Å²) in [5.41, 5.74) is 0.313. The molecule has 0 aromatic heterocycles. The Morgan fingerprint density at radius 2 is 1.80 bits per heavy atom. The van der Waals surface area contributed by atoms with E-state index in [1.165, 1.54) is 19.1 Å². The van der Waals surface area contributed by atoms with E-state index in [1.54, 1.807) is 24.3 Å². The van der Waals surface area contributed by atoms with E-state index in [9.17, 15) is 13.6 Å². The summed E-state index contributed by atoms with van der Waals surface area (Å²) in [7, 11) is 3.05. The molecule has 3 nitrogen and oxygen atoms in total. The van der Waals surface area contributed by atoms with Crippen molar-refractivity contribution in [2.45, 2.75) is 0 Å². The van der Waals surface area contributed by atoms with Crippen molar-refractivity contribution in [3.63, 3.8) is 0 Å². The zero-order valence-corrected chi connectivity index (χ0v) is 11.1. The third kappa shape index (κ3) is 2.61. The van der Waals surface area contributed by atoms with Crippen molar-refractivity contribution in [2.75, 3.05) is 19.1 Å². The summed E-state index contributed by atoms with van der Waals surface area (Å²) in [5, 5.41) is 0. The standard InChI is InChI=1S/C15H13F2NO2/c1-18(11-4-3-5-12(8-11)20-2)15-13(16)6-10(9-19)7-14(15)17/h3-9H,1-2H3. The van der Waals surface area contributed by atoms with Gasteiger partial charge in [-0.3, -0.25) is 4.79 Å². The summed E-state index contributed by atoms with van der Waals surface area (Å²) < 4.78 is 33.0. The molecule has 2 aromatic rings. The molecule has 104 valence electrons. The third-order valence-corrected chi connectivity index (χ3v) is 2.95. The molecule has 0 saturated heterocycles. The molecule has 0 aliphatic carbocycles. The van der Waals surface area contributed by atoms with Crippen LogP contribution in [0.4, 0.5) is 20.2 Å². The molecule has 0 unspecified atom stereocenters. The zero-order chi connectivity index (χ0) is 14.7. The lowest BCUT2D eigenvalue weighted by Crippen LogP contribution is -2.13. The van der Waals surface area contributed by atoms with Crippen LogP contribution in [0.15, 0.2) is 36.4 Å². The number of rotatable bonds is 4. The van der Waals surface area contributed by atoms with Gasteiger partial charge in [0, 0.05) is 24.4 Å². The van der Waals surface area contributed by atoms with Gasteiger partial charge >= 0.3 is 0 Å². The minimum Gasteiger partial charge on any atom is -0.497 e. The van der Waals surface area contributed by atoms with E-state index < -0.39 is 11.6 Å². The Hall–Kier alpha value is -2.43. The van der Waals surface area contributed by atoms with Gasteiger partial charge in [-0.15, -0.1) is 0 Å². The molecule has 2 rings (SSSR count). The highest BCUT2D eigenvalue weighted by atomic mass is 19.1. The van der Waals surface area contributed by atoms with Gasteiger partial charge in [-0.1, -0.05) is 6.07 Å². The monoisotopic (exact) mass is 277 g/mol. The van der Waals surface area contributed by atoms with Gasteiger partial charge in [0.05, 0.1) is 7.11 Å². The van der Waals surface area contributed by atoms with Crippen LogP contribution in [-0.4, -0.2) is 20.4 Å². The zero-order valence-electron chi connectivity index (χ0n) is 11.1. The smallest absolute Gasteiger partial charge is 0.150 e. The predicted molar refractivity (Wildman–Crippen MR) is 72.8 cm³/mol. The van der Waals surface area contributed by atoms with Crippen LogP contribution in [0.1, 0.15) is 10.4 Å². The van der Waals surface area contributed by atoms with Crippen LogP contribution in [0.25, 0.3) is 0 Å². The topological polar surface area (TPSA) is 29.5 Å². The van der Waals surface area contributed by atoms with Crippen LogP contribution in [0.3, 0.4) is 0 Å². The number of carbonyl (C=O) groups excluding carboxylic acids is 1. The number of methoxy groups -OCH3 is 1. The molecule has 2 aromatic carbocycles. The number of hydrogen-bond donors (Lipinski definition) is 0. The lowest BCUT2D eigenvalue weighted by molar-refractivity contribution is 0.112. The summed E-state index contributed by atoms with van der Waals surface area (Å²) in [6, 6.07) is 8.82. The summed E-state index contributed by atoms with van der Waals surface area (Å²) in [4.78, 5) is 11.9. The summed E-state index contributed by atoms with van der Waals surface area (Å²) in [6.07, 6.45) is 0.404. The summed E-state index contributed by atoms with van der Waals surface area (Å²) in [5.74, 6) is -1.01. The Balaban J connectivity index is 2.47. The quantitative estimate of drug-likeness (QED) is 0.800. The van der Waals surface area contributed by atoms with E-state index in [1.807, 2.05) is 0 Å². The maximum absolute atomic E-state index is 13.9. The van der Waals surface area contributed by atoms with Gasteiger partial charge < -0.3 is 9.64 Å². The predicted octanol–water partition coefficient (Wildman–Crippen LogP) is 3.55. The first-order chi connectivity index (χ1) is 9.56. The fourth-order valence-corrected chi connectivity index (χ4v) is 1.92. The Bertz CT molecular complexity index is 621. The maximum atomic E-state index is 13.9. The van der Waals surface area contributed by atoms with Crippen LogP contribution in [0, 0.1) is 11.6 Å². The molecule has 0 aliphatic rings. The van der Waals surface area contributed by atoms with E-state index in [0.717, 1.165) is 12.1 Å². The van der Waals surface area contributed by atoms with Crippen molar-refractivity contribution in [1.29, 1.82) is 0 Å². The van der Waals surface area contributed by atoms with Gasteiger partial charge in [0.25, 0.3) is 0 Å². The van der Waals surface area contributed by atoms with E-state index in [2.05, 4.69) is 0 Å². The minimum atomic E-state index is -0.794. The molecule has 0 saturated carbocycles. The molecular weight excluding hydrogens is 264 g/mol. The summed E-state index contributed by atoms with van der Waals surface area (Å²) in [6.45, 7) is 0. The molecular formula is C15H13F2NO2. The minimum absolute atomic E-state index is 0.0391. The number of hydrogen-bond acceptors (Lipinski definition) is 3. The number of halogens is 2. The maximum Gasteiger partial charge on any atom is 0.150 e. The second-order valence-corrected chi connectivity index (χ2v) is 4.21. The normalized spacial score (nSPS) is 10.2. The van der Waals surface area contributed by atoms with Crippen molar-refractivity contribution in [1.82, 2.24) is 0 Å². The van der Waals surface area contributed by atoms with Crippen molar-refractivity contribution in [3.8, 4) is 5.75 Å². The molecule has 0 N–H and O–H groups in total. The largest absolute Gasteiger partial charge is 0.497 e.